The van der Waals surface area contributed by atoms with Crippen LogP contribution < -0.4 is 5.32 Å². The Hall–Kier alpha value is -1.26. The number of amides is 2. The van der Waals surface area contributed by atoms with E-state index in [0.29, 0.717) is 15.7 Å². The molecule has 2 rings (SSSR count). The molecule has 2 amide bonds. The van der Waals surface area contributed by atoms with Gasteiger partial charge in [-0.3, -0.25) is 0 Å². The first-order valence-electron chi connectivity index (χ1n) is 5.61. The van der Waals surface area contributed by atoms with Gasteiger partial charge in [0.15, 0.2) is 0 Å². The Morgan fingerprint density at radius 2 is 2.06 bits per heavy atom. The molecule has 1 aromatic carbocycles. The molecular formula is C12H13Cl2N3O. The lowest BCUT2D eigenvalue weighted by molar-refractivity contribution is 0.259. The van der Waals surface area contributed by atoms with Crippen LogP contribution in [-0.4, -0.2) is 30.4 Å². The van der Waals surface area contributed by atoms with E-state index in [4.69, 9.17) is 23.2 Å². The molecular weight excluding hydrogens is 273 g/mol. The molecule has 4 nitrogen and oxygen atoms in total. The van der Waals surface area contributed by atoms with E-state index in [2.05, 4.69) is 10.3 Å². The summed E-state index contributed by atoms with van der Waals surface area (Å²) < 4.78 is 0. The predicted octanol–water partition coefficient (Wildman–Crippen LogP) is 3.65. The average molecular weight is 286 g/mol. The highest BCUT2D eigenvalue weighted by atomic mass is 35.5. The van der Waals surface area contributed by atoms with E-state index in [1.807, 2.05) is 11.9 Å². The summed E-state index contributed by atoms with van der Waals surface area (Å²) in [6, 6.07) is 4.60. The number of benzene rings is 1. The van der Waals surface area contributed by atoms with Crippen LogP contribution in [0.1, 0.15) is 12.8 Å². The van der Waals surface area contributed by atoms with Crippen molar-refractivity contribution in [2.75, 3.05) is 18.9 Å². The number of carbonyl (C=O) groups excluding carboxylic acids is 1. The molecule has 0 radical (unpaired) electrons. The number of nitrogens with one attached hydrogen (secondary N) is 1. The van der Waals surface area contributed by atoms with Crippen LogP contribution in [0.25, 0.3) is 0 Å². The van der Waals surface area contributed by atoms with Crippen LogP contribution in [0.2, 0.25) is 10.0 Å². The number of nitrogens with zero attached hydrogens (tertiary/aromatic N) is 2. The molecule has 18 heavy (non-hydrogen) atoms. The maximum atomic E-state index is 11.8. The van der Waals surface area contributed by atoms with Crippen molar-refractivity contribution < 1.29 is 4.79 Å². The van der Waals surface area contributed by atoms with Crippen molar-refractivity contribution in [3.63, 3.8) is 0 Å². The predicted molar refractivity (Wildman–Crippen MR) is 74.8 cm³/mol. The first kappa shape index (κ1) is 13.2. The second kappa shape index (κ2) is 5.59. The minimum atomic E-state index is -0.450. The zero-order chi connectivity index (χ0) is 13.1. The minimum Gasteiger partial charge on any atom is -0.363 e. The molecule has 0 atom stereocenters. The number of anilines is 1. The van der Waals surface area contributed by atoms with E-state index >= 15 is 0 Å². The Bertz CT molecular complexity index is 482. The van der Waals surface area contributed by atoms with Gasteiger partial charge >= 0.3 is 6.03 Å². The Labute approximate surface area is 116 Å². The fraction of sp³-hybridized carbons (Fsp3) is 0.333. The number of carbonyl (C=O) groups is 1. The lowest BCUT2D eigenvalue weighted by atomic mass is 10.3. The lowest BCUT2D eigenvalue weighted by Crippen LogP contribution is -2.21. The molecule has 0 bridgehead atoms. The monoisotopic (exact) mass is 285 g/mol. The summed E-state index contributed by atoms with van der Waals surface area (Å²) in [7, 11) is 1.92. The zero-order valence-electron chi connectivity index (χ0n) is 9.91. The van der Waals surface area contributed by atoms with Crippen LogP contribution >= 0.6 is 23.2 Å². The van der Waals surface area contributed by atoms with Crippen molar-refractivity contribution >= 4 is 40.8 Å². The molecule has 1 aromatic rings. The number of hydrogen-bond acceptors (Lipinski definition) is 1. The van der Waals surface area contributed by atoms with E-state index < -0.39 is 6.03 Å². The first-order valence-corrected chi connectivity index (χ1v) is 6.37. The summed E-state index contributed by atoms with van der Waals surface area (Å²) in [6.45, 7) is 0.930. The summed E-state index contributed by atoms with van der Waals surface area (Å²) in [4.78, 5) is 17.8. The molecule has 0 spiro atoms. The number of hydrogen-bond donors (Lipinski definition) is 1. The summed E-state index contributed by atoms with van der Waals surface area (Å²) in [5.41, 5.74) is 0.399. The second-order valence-electron chi connectivity index (χ2n) is 4.08. The largest absolute Gasteiger partial charge is 0.363 e. The fourth-order valence-electron chi connectivity index (χ4n) is 1.80. The van der Waals surface area contributed by atoms with Gasteiger partial charge in [-0.05, 0) is 18.6 Å². The van der Waals surface area contributed by atoms with Crippen molar-refractivity contribution in [1.29, 1.82) is 0 Å². The van der Waals surface area contributed by atoms with Crippen LogP contribution in [0.3, 0.4) is 0 Å². The SMILES string of the molecule is CN1CCCC1=NC(=O)Nc1c(Cl)cccc1Cl. The smallest absolute Gasteiger partial charge is 0.347 e. The second-order valence-corrected chi connectivity index (χ2v) is 4.89. The molecule has 0 aromatic heterocycles. The van der Waals surface area contributed by atoms with Crippen LogP contribution in [0.4, 0.5) is 10.5 Å². The normalized spacial score (nSPS) is 17.3. The van der Waals surface area contributed by atoms with Gasteiger partial charge in [-0.1, -0.05) is 29.3 Å². The maximum absolute atomic E-state index is 11.8. The van der Waals surface area contributed by atoms with Gasteiger partial charge in [0.05, 0.1) is 15.7 Å². The first-order chi connectivity index (χ1) is 8.58. The number of aliphatic imine (C=N–C) groups is 1. The van der Waals surface area contributed by atoms with E-state index in [-0.39, 0.29) is 0 Å². The van der Waals surface area contributed by atoms with Gasteiger partial charge in [-0.15, -0.1) is 0 Å². The molecule has 1 heterocycles. The topological polar surface area (TPSA) is 44.7 Å². The number of para-hydroxylation sites is 1. The van der Waals surface area contributed by atoms with Gasteiger partial charge < -0.3 is 10.2 Å². The molecule has 0 aliphatic carbocycles. The Balaban J connectivity index is 2.12. The van der Waals surface area contributed by atoms with Gasteiger partial charge in [0, 0.05) is 20.0 Å². The molecule has 1 fully saturated rings. The van der Waals surface area contributed by atoms with Crippen molar-refractivity contribution in [3.05, 3.63) is 28.2 Å². The number of urea groups is 1. The molecule has 0 saturated carbocycles. The third-order valence-electron chi connectivity index (χ3n) is 2.76. The van der Waals surface area contributed by atoms with Gasteiger partial charge in [0.1, 0.15) is 5.84 Å². The summed E-state index contributed by atoms with van der Waals surface area (Å²) in [6.07, 6.45) is 1.84. The van der Waals surface area contributed by atoms with Crippen molar-refractivity contribution in [2.45, 2.75) is 12.8 Å². The standard InChI is InChI=1S/C12H13Cl2N3O/c1-17-7-3-6-10(17)15-12(18)16-11-8(13)4-2-5-9(11)14/h2,4-5H,3,6-7H2,1H3,(H,16,18). The van der Waals surface area contributed by atoms with Crippen molar-refractivity contribution in [2.24, 2.45) is 4.99 Å². The summed E-state index contributed by atoms with van der Waals surface area (Å²) in [5, 5.41) is 3.41. The Morgan fingerprint density at radius 3 is 2.61 bits per heavy atom. The minimum absolute atomic E-state index is 0.399. The molecule has 0 unspecified atom stereocenters. The molecule has 1 saturated heterocycles. The quantitative estimate of drug-likeness (QED) is 0.856. The highest BCUT2D eigenvalue weighted by Gasteiger charge is 2.16. The Kier molecular flexibility index (Phi) is 4.09. The summed E-state index contributed by atoms with van der Waals surface area (Å²) >= 11 is 11.9. The van der Waals surface area contributed by atoms with Gasteiger partial charge in [-0.25, -0.2) is 4.79 Å². The number of rotatable bonds is 1. The average Bonchev–Trinajstić information content (AvgIpc) is 2.70. The maximum Gasteiger partial charge on any atom is 0.347 e. The van der Waals surface area contributed by atoms with Gasteiger partial charge in [-0.2, -0.15) is 4.99 Å². The van der Waals surface area contributed by atoms with Crippen LogP contribution in [0.5, 0.6) is 0 Å². The number of halogens is 2. The van der Waals surface area contributed by atoms with E-state index in [9.17, 15) is 4.79 Å². The highest BCUT2D eigenvalue weighted by molar-refractivity contribution is 6.39. The molecule has 1 aliphatic rings. The molecule has 1 N–H and O–H groups in total. The third kappa shape index (κ3) is 2.94. The van der Waals surface area contributed by atoms with Gasteiger partial charge in [0.25, 0.3) is 0 Å². The number of likely N-dealkylation sites (tertiary alicyclic amines) is 1. The van der Waals surface area contributed by atoms with Crippen LogP contribution in [0.15, 0.2) is 23.2 Å². The molecule has 96 valence electrons. The fourth-order valence-corrected chi connectivity index (χ4v) is 2.30. The highest BCUT2D eigenvalue weighted by Crippen LogP contribution is 2.29. The number of amidine groups is 1. The van der Waals surface area contributed by atoms with Crippen LogP contribution in [0, 0.1) is 0 Å². The molecule has 6 heteroatoms. The third-order valence-corrected chi connectivity index (χ3v) is 3.39. The molecule has 1 aliphatic heterocycles. The lowest BCUT2D eigenvalue weighted by Gasteiger charge is -2.11. The van der Waals surface area contributed by atoms with E-state index in [0.717, 1.165) is 25.2 Å². The van der Waals surface area contributed by atoms with E-state index in [1.165, 1.54) is 0 Å². The Morgan fingerprint density at radius 1 is 1.39 bits per heavy atom. The van der Waals surface area contributed by atoms with Crippen LogP contribution in [-0.2, 0) is 0 Å². The van der Waals surface area contributed by atoms with E-state index in [1.54, 1.807) is 18.2 Å². The van der Waals surface area contributed by atoms with Crippen molar-refractivity contribution in [1.82, 2.24) is 4.90 Å². The zero-order valence-corrected chi connectivity index (χ0v) is 11.4. The van der Waals surface area contributed by atoms with Gasteiger partial charge in [0.2, 0.25) is 0 Å². The van der Waals surface area contributed by atoms with Crippen molar-refractivity contribution in [3.8, 4) is 0 Å². The summed E-state index contributed by atoms with van der Waals surface area (Å²) in [5.74, 6) is 0.788.